The van der Waals surface area contributed by atoms with Gasteiger partial charge in [0.2, 0.25) is 0 Å². The van der Waals surface area contributed by atoms with Crippen LogP contribution in [0.1, 0.15) is 6.42 Å². The number of carbonyl (C=O) groups excluding carboxylic acids is 1. The Hall–Kier alpha value is -2.75. The molecule has 0 radical (unpaired) electrons. The van der Waals surface area contributed by atoms with Gasteiger partial charge in [-0.15, -0.1) is 0 Å². The Kier molecular flexibility index (Phi) is 6.72. The van der Waals surface area contributed by atoms with Crippen molar-refractivity contribution in [1.29, 1.82) is 0 Å². The highest BCUT2D eigenvalue weighted by Gasteiger charge is 2.08. The van der Waals surface area contributed by atoms with Crippen molar-refractivity contribution in [3.8, 4) is 11.5 Å². The molecule has 2 aromatic carbocycles. The van der Waals surface area contributed by atoms with Crippen LogP contribution in [0.2, 0.25) is 0 Å². The highest BCUT2D eigenvalue weighted by Crippen LogP contribution is 2.11. The molecule has 0 aliphatic carbocycles. The SMILES string of the molecule is C=C(CCOc1ccccc1)C(=O)OCCOc1ccccc1. The molecule has 0 saturated heterocycles. The molecule has 0 saturated carbocycles. The average molecular weight is 312 g/mol. The second kappa shape index (κ2) is 9.30. The highest BCUT2D eigenvalue weighted by molar-refractivity contribution is 5.87. The van der Waals surface area contributed by atoms with Crippen LogP contribution in [0.15, 0.2) is 72.8 Å². The van der Waals surface area contributed by atoms with Gasteiger partial charge in [0.05, 0.1) is 6.61 Å². The van der Waals surface area contributed by atoms with E-state index in [9.17, 15) is 4.79 Å². The van der Waals surface area contributed by atoms with Crippen molar-refractivity contribution >= 4 is 5.97 Å². The van der Waals surface area contributed by atoms with Crippen LogP contribution < -0.4 is 9.47 Å². The Bertz CT molecular complexity index is 608. The first-order valence-corrected chi connectivity index (χ1v) is 7.46. The Balaban J connectivity index is 1.58. The zero-order valence-electron chi connectivity index (χ0n) is 12.9. The molecule has 0 aliphatic heterocycles. The molecule has 0 N–H and O–H groups in total. The van der Waals surface area contributed by atoms with Gasteiger partial charge in [-0.2, -0.15) is 0 Å². The Labute approximate surface area is 136 Å². The molecule has 0 amide bonds. The summed E-state index contributed by atoms with van der Waals surface area (Å²) in [5, 5.41) is 0. The van der Waals surface area contributed by atoms with E-state index in [1.54, 1.807) is 0 Å². The molecule has 4 nitrogen and oxygen atoms in total. The van der Waals surface area contributed by atoms with E-state index in [2.05, 4.69) is 6.58 Å². The molecule has 0 heterocycles. The Morgan fingerprint density at radius 1 is 0.783 bits per heavy atom. The van der Waals surface area contributed by atoms with Crippen LogP contribution in [-0.2, 0) is 9.53 Å². The van der Waals surface area contributed by atoms with Crippen molar-refractivity contribution in [1.82, 2.24) is 0 Å². The molecule has 4 heteroatoms. The van der Waals surface area contributed by atoms with Crippen molar-refractivity contribution in [3.05, 3.63) is 72.8 Å². The zero-order valence-corrected chi connectivity index (χ0v) is 12.9. The van der Waals surface area contributed by atoms with Gasteiger partial charge in [-0.05, 0) is 24.3 Å². The van der Waals surface area contributed by atoms with Crippen LogP contribution in [0.4, 0.5) is 0 Å². The summed E-state index contributed by atoms with van der Waals surface area (Å²) in [6.45, 7) is 4.61. The van der Waals surface area contributed by atoms with Crippen molar-refractivity contribution in [2.24, 2.45) is 0 Å². The van der Waals surface area contributed by atoms with Gasteiger partial charge < -0.3 is 14.2 Å². The molecule has 0 spiro atoms. The predicted octanol–water partition coefficient (Wildman–Crippen LogP) is 3.63. The number of rotatable bonds is 9. The normalized spacial score (nSPS) is 9.91. The largest absolute Gasteiger partial charge is 0.493 e. The first-order valence-electron chi connectivity index (χ1n) is 7.46. The fraction of sp³-hybridized carbons (Fsp3) is 0.211. The molecule has 0 bridgehead atoms. The number of ether oxygens (including phenoxy) is 3. The summed E-state index contributed by atoms with van der Waals surface area (Å²) in [6.07, 6.45) is 0.424. The van der Waals surface area contributed by atoms with E-state index < -0.39 is 5.97 Å². The topological polar surface area (TPSA) is 44.8 Å². The van der Waals surface area contributed by atoms with Gasteiger partial charge in [0, 0.05) is 12.0 Å². The number of carbonyl (C=O) groups is 1. The summed E-state index contributed by atoms with van der Waals surface area (Å²) in [4.78, 5) is 11.8. The minimum Gasteiger partial charge on any atom is -0.493 e. The fourth-order valence-electron chi connectivity index (χ4n) is 1.82. The third-order valence-electron chi connectivity index (χ3n) is 3.03. The van der Waals surface area contributed by atoms with Gasteiger partial charge in [-0.1, -0.05) is 43.0 Å². The number of para-hydroxylation sites is 2. The lowest BCUT2D eigenvalue weighted by Crippen LogP contribution is -2.14. The summed E-state index contributed by atoms with van der Waals surface area (Å²) in [5.74, 6) is 1.10. The number of hydrogen-bond acceptors (Lipinski definition) is 4. The second-order valence-corrected chi connectivity index (χ2v) is 4.81. The third-order valence-corrected chi connectivity index (χ3v) is 3.03. The van der Waals surface area contributed by atoms with Crippen molar-refractivity contribution < 1.29 is 19.0 Å². The van der Waals surface area contributed by atoms with Gasteiger partial charge in [0.15, 0.2) is 0 Å². The predicted molar refractivity (Wildman–Crippen MR) is 88.6 cm³/mol. The number of benzene rings is 2. The molecule has 0 atom stereocenters. The van der Waals surface area contributed by atoms with E-state index in [-0.39, 0.29) is 6.61 Å². The molecule has 23 heavy (non-hydrogen) atoms. The minimum atomic E-state index is -0.418. The summed E-state index contributed by atoms with van der Waals surface area (Å²) < 4.78 is 16.1. The minimum absolute atomic E-state index is 0.187. The molecule has 120 valence electrons. The first kappa shape index (κ1) is 16.6. The maximum absolute atomic E-state index is 11.8. The summed E-state index contributed by atoms with van der Waals surface area (Å²) in [5.41, 5.74) is 0.389. The molecule has 2 aromatic rings. The molecular weight excluding hydrogens is 292 g/mol. The zero-order chi connectivity index (χ0) is 16.3. The van der Waals surface area contributed by atoms with Crippen molar-refractivity contribution in [3.63, 3.8) is 0 Å². The summed E-state index contributed by atoms with van der Waals surface area (Å²) >= 11 is 0. The van der Waals surface area contributed by atoms with Gasteiger partial charge in [-0.3, -0.25) is 0 Å². The van der Waals surface area contributed by atoms with Crippen LogP contribution in [0.5, 0.6) is 11.5 Å². The molecule has 0 fully saturated rings. The van der Waals surface area contributed by atoms with E-state index in [0.29, 0.717) is 25.2 Å². The average Bonchev–Trinajstić information content (AvgIpc) is 2.60. The number of esters is 1. The molecule has 0 aliphatic rings. The first-order chi connectivity index (χ1) is 11.3. The Morgan fingerprint density at radius 3 is 1.87 bits per heavy atom. The highest BCUT2D eigenvalue weighted by atomic mass is 16.6. The second-order valence-electron chi connectivity index (χ2n) is 4.81. The van der Waals surface area contributed by atoms with Crippen LogP contribution in [0.25, 0.3) is 0 Å². The third kappa shape index (κ3) is 6.26. The molecular formula is C19H20O4. The molecule has 0 unspecified atom stereocenters. The molecule has 2 rings (SSSR count). The Morgan fingerprint density at radius 2 is 1.30 bits per heavy atom. The van der Waals surface area contributed by atoms with Crippen LogP contribution in [-0.4, -0.2) is 25.8 Å². The van der Waals surface area contributed by atoms with Gasteiger partial charge in [-0.25, -0.2) is 4.79 Å². The van der Waals surface area contributed by atoms with E-state index in [4.69, 9.17) is 14.2 Å². The molecule has 0 aromatic heterocycles. The maximum atomic E-state index is 11.8. The quantitative estimate of drug-likeness (QED) is 0.403. The lowest BCUT2D eigenvalue weighted by molar-refractivity contribution is -0.139. The van der Waals surface area contributed by atoms with Crippen LogP contribution in [0, 0.1) is 0 Å². The standard InChI is InChI=1S/C19H20O4/c1-16(12-13-21-17-8-4-2-5-9-17)19(20)23-15-14-22-18-10-6-3-7-11-18/h2-11H,1,12-15H2. The smallest absolute Gasteiger partial charge is 0.333 e. The monoisotopic (exact) mass is 312 g/mol. The van der Waals surface area contributed by atoms with Gasteiger partial charge >= 0.3 is 5.97 Å². The van der Waals surface area contributed by atoms with Crippen molar-refractivity contribution in [2.75, 3.05) is 19.8 Å². The van der Waals surface area contributed by atoms with Crippen LogP contribution >= 0.6 is 0 Å². The van der Waals surface area contributed by atoms with E-state index >= 15 is 0 Å². The van der Waals surface area contributed by atoms with E-state index in [1.165, 1.54) is 0 Å². The lowest BCUT2D eigenvalue weighted by atomic mass is 10.2. The summed E-state index contributed by atoms with van der Waals surface area (Å²) in [6, 6.07) is 18.8. The summed E-state index contributed by atoms with van der Waals surface area (Å²) in [7, 11) is 0. The van der Waals surface area contributed by atoms with E-state index in [1.807, 2.05) is 60.7 Å². The van der Waals surface area contributed by atoms with Gasteiger partial charge in [0.1, 0.15) is 24.7 Å². The van der Waals surface area contributed by atoms with E-state index in [0.717, 1.165) is 11.5 Å². The van der Waals surface area contributed by atoms with Crippen molar-refractivity contribution in [2.45, 2.75) is 6.42 Å². The maximum Gasteiger partial charge on any atom is 0.333 e. The number of hydrogen-bond donors (Lipinski definition) is 0. The lowest BCUT2D eigenvalue weighted by Gasteiger charge is -2.09. The van der Waals surface area contributed by atoms with Crippen LogP contribution in [0.3, 0.4) is 0 Å². The van der Waals surface area contributed by atoms with Gasteiger partial charge in [0.25, 0.3) is 0 Å². The fourth-order valence-corrected chi connectivity index (χ4v) is 1.82.